The quantitative estimate of drug-likeness (QED) is 0.0627. The Labute approximate surface area is 259 Å². The van der Waals surface area contributed by atoms with Crippen molar-refractivity contribution in [3.8, 4) is 0 Å². The van der Waals surface area contributed by atoms with Gasteiger partial charge in [-0.3, -0.25) is 23.4 Å². The molecule has 1 unspecified atom stereocenters. The lowest BCUT2D eigenvalue weighted by molar-refractivity contribution is -0.135. The number of aliphatic hydroxyl groups excluding tert-OH is 1. The Hall–Kier alpha value is -1.22. The summed E-state index contributed by atoms with van der Waals surface area (Å²) in [6, 6.07) is 0. The summed E-state index contributed by atoms with van der Waals surface area (Å²) in [6.07, 6.45) is 6.96. The number of hydrogen-bond donors (Lipinski definition) is 3. The van der Waals surface area contributed by atoms with E-state index in [4.69, 9.17) is 13.8 Å². The van der Waals surface area contributed by atoms with Crippen LogP contribution in [0.3, 0.4) is 0 Å². The minimum Gasteiger partial charge on any atom is -0.390 e. The number of ether oxygens (including phenoxy) is 1. The van der Waals surface area contributed by atoms with E-state index in [0.29, 0.717) is 18.4 Å². The van der Waals surface area contributed by atoms with E-state index in [0.717, 1.165) is 55.3 Å². The number of aromatic amines is 1. The van der Waals surface area contributed by atoms with Crippen LogP contribution >= 0.6 is 19.6 Å². The molecule has 1 fully saturated rings. The van der Waals surface area contributed by atoms with Crippen molar-refractivity contribution in [2.45, 2.75) is 127 Å². The molecule has 10 nitrogen and oxygen atoms in total. The van der Waals surface area contributed by atoms with Crippen LogP contribution in [0.15, 0.2) is 15.8 Å². The van der Waals surface area contributed by atoms with Crippen molar-refractivity contribution < 1.29 is 45.9 Å². The molecule has 0 bridgehead atoms. The maximum absolute atomic E-state index is 13.5. The highest BCUT2D eigenvalue weighted by Gasteiger charge is 2.37. The van der Waals surface area contributed by atoms with Gasteiger partial charge in [-0.25, -0.2) is 9.36 Å². The average Bonchev–Trinajstić information content (AvgIpc) is 3.32. The van der Waals surface area contributed by atoms with Gasteiger partial charge in [-0.15, -0.1) is 0 Å². The summed E-state index contributed by atoms with van der Waals surface area (Å²) >= 11 is 1.61. The highest BCUT2D eigenvalue weighted by molar-refractivity contribution is 7.99. The summed E-state index contributed by atoms with van der Waals surface area (Å²) in [5, 5.41) is 10.2. The molecule has 0 amide bonds. The minimum atomic E-state index is -4.40. The summed E-state index contributed by atoms with van der Waals surface area (Å²) < 4.78 is 78.1. The summed E-state index contributed by atoms with van der Waals surface area (Å²) in [5.74, 6) is 0.222. The van der Waals surface area contributed by atoms with E-state index >= 15 is 0 Å². The topological polar surface area (TPSA) is 140 Å². The van der Waals surface area contributed by atoms with Crippen LogP contribution in [0.2, 0.25) is 0 Å². The van der Waals surface area contributed by atoms with Crippen molar-refractivity contribution >= 4 is 19.6 Å². The molecule has 1 aliphatic rings. The number of nitrogens with zero attached hydrogens (tertiary/aromatic N) is 1. The first-order valence-electron chi connectivity index (χ1n) is 15.5. The van der Waals surface area contributed by atoms with Crippen LogP contribution in [-0.4, -0.2) is 62.7 Å². The van der Waals surface area contributed by atoms with Gasteiger partial charge < -0.3 is 14.7 Å². The molecule has 1 aliphatic heterocycles. The van der Waals surface area contributed by atoms with E-state index in [-0.39, 0.29) is 19.4 Å². The lowest BCUT2D eigenvalue weighted by atomic mass is 10.0. The maximum Gasteiger partial charge on any atom is 0.472 e. The zero-order valence-corrected chi connectivity index (χ0v) is 26.8. The fourth-order valence-corrected chi connectivity index (χ4v) is 6.55. The molecule has 4 atom stereocenters. The van der Waals surface area contributed by atoms with Crippen LogP contribution in [0.1, 0.15) is 109 Å². The molecule has 0 spiro atoms. The molecule has 2 heterocycles. The van der Waals surface area contributed by atoms with E-state index in [1.165, 1.54) is 32.1 Å². The van der Waals surface area contributed by atoms with Gasteiger partial charge in [0, 0.05) is 18.6 Å². The van der Waals surface area contributed by atoms with Crippen molar-refractivity contribution in [2.75, 3.05) is 24.7 Å². The van der Waals surface area contributed by atoms with Crippen LogP contribution < -0.4 is 11.2 Å². The van der Waals surface area contributed by atoms with Crippen LogP contribution in [0.5, 0.6) is 0 Å². The molecule has 0 aromatic carbocycles. The fourth-order valence-electron chi connectivity index (χ4n) is 4.88. The molecule has 1 aromatic heterocycles. The number of aromatic nitrogens is 2. The summed E-state index contributed by atoms with van der Waals surface area (Å²) in [6.45, 7) is -0.491. The van der Waals surface area contributed by atoms with E-state index in [2.05, 4.69) is 0 Å². The van der Waals surface area contributed by atoms with E-state index in [1.807, 2.05) is 0 Å². The number of thioether (sulfide) groups is 1. The molecule has 44 heavy (non-hydrogen) atoms. The summed E-state index contributed by atoms with van der Waals surface area (Å²) in [4.78, 5) is 34.8. The highest BCUT2D eigenvalue weighted by atomic mass is 32.2. The number of unbranched alkanes of at least 4 members (excludes halogenated alkanes) is 13. The van der Waals surface area contributed by atoms with Crippen LogP contribution in [-0.2, 0) is 18.3 Å². The number of hydrogen-bond acceptors (Lipinski definition) is 8. The predicted octanol–water partition coefficient (Wildman–Crippen LogP) is 6.60. The first kappa shape index (κ1) is 39.0. The van der Waals surface area contributed by atoms with Gasteiger partial charge in [0.15, 0.2) is 0 Å². The average molecular weight is 679 g/mol. The second-order valence-corrected chi connectivity index (χ2v) is 13.8. The van der Waals surface area contributed by atoms with Crippen LogP contribution in [0.4, 0.5) is 17.6 Å². The molecule has 16 heteroatoms. The van der Waals surface area contributed by atoms with Gasteiger partial charge >= 0.3 is 19.7 Å². The van der Waals surface area contributed by atoms with Gasteiger partial charge in [0.2, 0.25) is 5.82 Å². The molecular formula is C28H47F4N2O8PS. The fraction of sp³-hybridized carbons (Fsp3) is 0.857. The second kappa shape index (κ2) is 20.8. The SMILES string of the molecule is O=c1[nH]c(=O)n([C@H]2C[C@H](O)[C@@H](COP(=O)(O)OCCSCCCCCCCCCCCCCCCCC(F)(F)F)O2)cc1F. The van der Waals surface area contributed by atoms with Crippen LogP contribution in [0.25, 0.3) is 0 Å². The number of aliphatic hydroxyl groups is 1. The van der Waals surface area contributed by atoms with E-state index in [1.54, 1.807) is 16.7 Å². The monoisotopic (exact) mass is 678 g/mol. The third kappa shape index (κ3) is 16.9. The molecule has 256 valence electrons. The van der Waals surface area contributed by atoms with Gasteiger partial charge in [0.1, 0.15) is 12.3 Å². The molecule has 1 saturated heterocycles. The Kier molecular flexibility index (Phi) is 18.4. The Morgan fingerprint density at radius 3 is 2.05 bits per heavy atom. The number of nitrogens with one attached hydrogen (secondary N) is 1. The standard InChI is InChI=1S/C28H47F4N2O8PS/c29-22-20-34(27(37)33-26(22)36)25-19-23(35)24(42-25)21-41-43(38,39)40-16-18-44-17-14-12-10-8-6-4-2-1-3-5-7-9-11-13-15-28(30,31)32/h20,23-25,35H,1-19,21H2,(H,38,39)(H,33,36,37)/t23-,24+,25+/m0/s1. The number of phosphoric ester groups is 1. The number of rotatable bonds is 24. The first-order chi connectivity index (χ1) is 20.9. The highest BCUT2D eigenvalue weighted by Crippen LogP contribution is 2.44. The maximum atomic E-state index is 13.5. The zero-order valence-electron chi connectivity index (χ0n) is 25.1. The lowest BCUT2D eigenvalue weighted by Gasteiger charge is -2.18. The van der Waals surface area contributed by atoms with Crippen molar-refractivity contribution in [3.63, 3.8) is 0 Å². The Morgan fingerprint density at radius 2 is 1.48 bits per heavy atom. The molecule has 0 aliphatic carbocycles. The molecular weight excluding hydrogens is 631 g/mol. The van der Waals surface area contributed by atoms with Crippen molar-refractivity contribution in [2.24, 2.45) is 0 Å². The van der Waals surface area contributed by atoms with E-state index in [9.17, 15) is 41.7 Å². The largest absolute Gasteiger partial charge is 0.472 e. The van der Waals surface area contributed by atoms with Crippen LogP contribution in [0, 0.1) is 5.82 Å². The molecule has 2 rings (SSSR count). The van der Waals surface area contributed by atoms with Gasteiger partial charge in [-0.1, -0.05) is 77.0 Å². The number of halogens is 4. The normalized spacial score (nSPS) is 20.3. The van der Waals surface area contributed by atoms with Gasteiger partial charge in [0.25, 0.3) is 5.56 Å². The second-order valence-electron chi connectivity index (χ2n) is 11.1. The molecule has 1 aromatic rings. The van der Waals surface area contributed by atoms with Crippen molar-refractivity contribution in [3.05, 3.63) is 32.9 Å². The lowest BCUT2D eigenvalue weighted by Crippen LogP contribution is -2.34. The molecule has 0 saturated carbocycles. The summed E-state index contributed by atoms with van der Waals surface area (Å²) in [7, 11) is -4.40. The zero-order chi connectivity index (χ0) is 32.4. The van der Waals surface area contributed by atoms with Gasteiger partial charge in [-0.2, -0.15) is 29.3 Å². The smallest absolute Gasteiger partial charge is 0.390 e. The number of alkyl halides is 3. The third-order valence-corrected chi connectivity index (χ3v) is 9.34. The minimum absolute atomic E-state index is 0.000739. The Bertz CT molecular complexity index is 1110. The Morgan fingerprint density at radius 1 is 0.932 bits per heavy atom. The van der Waals surface area contributed by atoms with E-state index < -0.39 is 62.5 Å². The number of phosphoric acid groups is 1. The third-order valence-electron chi connectivity index (χ3n) is 7.32. The van der Waals surface area contributed by atoms with Gasteiger partial charge in [0.05, 0.1) is 25.5 Å². The first-order valence-corrected chi connectivity index (χ1v) is 18.1. The van der Waals surface area contributed by atoms with Crippen molar-refractivity contribution in [1.82, 2.24) is 9.55 Å². The van der Waals surface area contributed by atoms with Crippen molar-refractivity contribution in [1.29, 1.82) is 0 Å². The Balaban J connectivity index is 1.39. The molecule has 3 N–H and O–H groups in total. The molecule has 0 radical (unpaired) electrons. The van der Waals surface area contributed by atoms with Gasteiger partial charge in [-0.05, 0) is 18.6 Å². The predicted molar refractivity (Wildman–Crippen MR) is 160 cm³/mol. The summed E-state index contributed by atoms with van der Waals surface area (Å²) in [5.41, 5.74) is -2.09. The number of H-pyrrole nitrogens is 1.